The van der Waals surface area contributed by atoms with Gasteiger partial charge in [0.15, 0.2) is 6.61 Å². The van der Waals surface area contributed by atoms with Crippen molar-refractivity contribution in [2.24, 2.45) is 5.92 Å². The van der Waals surface area contributed by atoms with Crippen LogP contribution >= 0.6 is 0 Å². The molecule has 0 aromatic heterocycles. The molecule has 0 saturated heterocycles. The lowest BCUT2D eigenvalue weighted by Crippen LogP contribution is -2.33. The van der Waals surface area contributed by atoms with Crippen LogP contribution in [0, 0.1) is 5.92 Å². The summed E-state index contributed by atoms with van der Waals surface area (Å²) in [5.41, 5.74) is -0.293. The average molecular weight is 427 g/mol. The minimum Gasteiger partial charge on any atom is -0.507 e. The molecule has 1 saturated carbocycles. The fraction of sp³-hybridized carbons (Fsp3) is 0.600. The Morgan fingerprint density at radius 3 is 2.45 bits per heavy atom. The Bertz CT molecular complexity index is 814. The first-order valence-electron chi connectivity index (χ1n) is 10.1. The van der Waals surface area contributed by atoms with E-state index in [2.05, 4.69) is 5.32 Å². The zero-order valence-corrected chi connectivity index (χ0v) is 17.8. The number of aromatic hydroxyl groups is 1. The summed E-state index contributed by atoms with van der Waals surface area (Å²) in [6, 6.07) is 3.44. The summed E-state index contributed by atoms with van der Waals surface area (Å²) in [6.07, 6.45) is 5.74. The zero-order chi connectivity index (χ0) is 21.4. The maximum absolute atomic E-state index is 12.6. The van der Waals surface area contributed by atoms with E-state index in [0.29, 0.717) is 12.5 Å². The van der Waals surface area contributed by atoms with Crippen LogP contribution in [0.2, 0.25) is 0 Å². The van der Waals surface area contributed by atoms with Gasteiger partial charge in [0, 0.05) is 19.6 Å². The predicted octanol–water partition coefficient (Wildman–Crippen LogP) is 2.28. The molecule has 0 aliphatic heterocycles. The van der Waals surface area contributed by atoms with Crippen molar-refractivity contribution in [1.82, 2.24) is 9.62 Å². The first-order valence-corrected chi connectivity index (χ1v) is 11.5. The van der Waals surface area contributed by atoms with E-state index in [1.807, 2.05) is 0 Å². The number of hydrogen-bond donors (Lipinski definition) is 2. The lowest BCUT2D eigenvalue weighted by Gasteiger charge is -2.21. The Morgan fingerprint density at radius 2 is 1.83 bits per heavy atom. The summed E-state index contributed by atoms with van der Waals surface area (Å²) in [4.78, 5) is 24.1. The molecule has 2 N–H and O–H groups in total. The molecule has 1 aromatic rings. The molecular weight excluding hydrogens is 396 g/mol. The van der Waals surface area contributed by atoms with Crippen molar-refractivity contribution in [3.8, 4) is 5.75 Å². The van der Waals surface area contributed by atoms with Crippen LogP contribution in [0.25, 0.3) is 0 Å². The molecule has 1 aliphatic carbocycles. The van der Waals surface area contributed by atoms with Gasteiger partial charge < -0.3 is 15.2 Å². The highest BCUT2D eigenvalue weighted by molar-refractivity contribution is 7.89. The summed E-state index contributed by atoms with van der Waals surface area (Å²) >= 11 is 0. The third-order valence-corrected chi connectivity index (χ3v) is 7.22. The summed E-state index contributed by atoms with van der Waals surface area (Å²) in [6.45, 7) is 4.05. The van der Waals surface area contributed by atoms with Crippen molar-refractivity contribution in [1.29, 1.82) is 0 Å². The number of phenols is 1. The Labute approximate surface area is 172 Å². The summed E-state index contributed by atoms with van der Waals surface area (Å²) in [5.74, 6) is -1.33. The quantitative estimate of drug-likeness (QED) is 0.586. The predicted molar refractivity (Wildman–Crippen MR) is 108 cm³/mol. The lowest BCUT2D eigenvalue weighted by molar-refractivity contribution is -0.124. The molecule has 0 spiro atoms. The van der Waals surface area contributed by atoms with Gasteiger partial charge in [-0.2, -0.15) is 4.31 Å². The molecule has 29 heavy (non-hydrogen) atoms. The first-order chi connectivity index (χ1) is 13.8. The van der Waals surface area contributed by atoms with Crippen LogP contribution in [-0.4, -0.2) is 55.9 Å². The molecule has 0 bridgehead atoms. The zero-order valence-electron chi connectivity index (χ0n) is 17.0. The van der Waals surface area contributed by atoms with E-state index in [1.165, 1.54) is 29.6 Å². The number of phenolic OH excluding ortho intramolecular Hbond substituents is 1. The molecular formula is C20H30N2O6S. The van der Waals surface area contributed by atoms with Crippen molar-refractivity contribution in [2.45, 2.75) is 50.8 Å². The molecule has 0 radical (unpaired) electrons. The second kappa shape index (κ2) is 10.6. The standard InChI is InChI=1S/C20H30N2O6S/c1-3-22(4-2)29(26,27)16-10-11-18(23)17(12-16)20(25)28-14-19(24)21-13-15-8-6-5-7-9-15/h10-12,15,23H,3-9,13-14H2,1-2H3,(H,21,24). The first kappa shape index (κ1) is 23.2. The monoisotopic (exact) mass is 426 g/mol. The molecule has 0 unspecified atom stereocenters. The molecule has 0 heterocycles. The maximum Gasteiger partial charge on any atom is 0.342 e. The number of rotatable bonds is 9. The summed E-state index contributed by atoms with van der Waals surface area (Å²) < 4.78 is 31.4. The number of carbonyl (C=O) groups is 2. The van der Waals surface area contributed by atoms with Gasteiger partial charge in [0.05, 0.1) is 4.90 Å². The maximum atomic E-state index is 12.6. The van der Waals surface area contributed by atoms with Gasteiger partial charge in [-0.25, -0.2) is 13.2 Å². The molecule has 1 fully saturated rings. The van der Waals surface area contributed by atoms with E-state index in [1.54, 1.807) is 13.8 Å². The van der Waals surface area contributed by atoms with Crippen LogP contribution in [-0.2, 0) is 19.6 Å². The molecule has 0 atom stereocenters. The van der Waals surface area contributed by atoms with E-state index >= 15 is 0 Å². The van der Waals surface area contributed by atoms with Crippen molar-refractivity contribution in [2.75, 3.05) is 26.2 Å². The topological polar surface area (TPSA) is 113 Å². The molecule has 2 rings (SSSR count). The third-order valence-electron chi connectivity index (χ3n) is 5.18. The van der Waals surface area contributed by atoms with E-state index in [4.69, 9.17) is 4.74 Å². The molecule has 8 nitrogen and oxygen atoms in total. The minimum atomic E-state index is -3.79. The Morgan fingerprint density at radius 1 is 1.17 bits per heavy atom. The normalized spacial score (nSPS) is 15.3. The van der Waals surface area contributed by atoms with Crippen molar-refractivity contribution < 1.29 is 27.9 Å². The Balaban J connectivity index is 1.98. The van der Waals surface area contributed by atoms with E-state index in [9.17, 15) is 23.1 Å². The largest absolute Gasteiger partial charge is 0.507 e. The number of hydrogen-bond acceptors (Lipinski definition) is 6. The second-order valence-electron chi connectivity index (χ2n) is 7.15. The van der Waals surface area contributed by atoms with Crippen LogP contribution in [0.3, 0.4) is 0 Å². The fourth-order valence-electron chi connectivity index (χ4n) is 3.46. The van der Waals surface area contributed by atoms with Gasteiger partial charge in [0.2, 0.25) is 10.0 Å². The van der Waals surface area contributed by atoms with Crippen LogP contribution in [0.15, 0.2) is 23.1 Å². The van der Waals surface area contributed by atoms with Crippen LogP contribution in [0.4, 0.5) is 0 Å². The van der Waals surface area contributed by atoms with E-state index in [-0.39, 0.29) is 23.5 Å². The summed E-state index contributed by atoms with van der Waals surface area (Å²) in [7, 11) is -3.79. The van der Waals surface area contributed by atoms with Crippen LogP contribution in [0.5, 0.6) is 5.75 Å². The molecule has 1 aliphatic rings. The van der Waals surface area contributed by atoms with Crippen LogP contribution < -0.4 is 5.32 Å². The number of esters is 1. The molecule has 9 heteroatoms. The van der Waals surface area contributed by atoms with Crippen LogP contribution in [0.1, 0.15) is 56.3 Å². The fourth-order valence-corrected chi connectivity index (χ4v) is 4.95. The highest BCUT2D eigenvalue weighted by Gasteiger charge is 2.25. The third kappa shape index (κ3) is 6.17. The number of amides is 1. The van der Waals surface area contributed by atoms with Crippen molar-refractivity contribution in [3.63, 3.8) is 0 Å². The minimum absolute atomic E-state index is 0.118. The molecule has 1 amide bonds. The van der Waals surface area contributed by atoms with Crippen molar-refractivity contribution in [3.05, 3.63) is 23.8 Å². The lowest BCUT2D eigenvalue weighted by atomic mass is 9.89. The van der Waals surface area contributed by atoms with Gasteiger partial charge in [-0.05, 0) is 37.0 Å². The van der Waals surface area contributed by atoms with Gasteiger partial charge in [0.25, 0.3) is 5.91 Å². The Kier molecular flexibility index (Phi) is 8.45. The van der Waals surface area contributed by atoms with Gasteiger partial charge in [-0.15, -0.1) is 0 Å². The number of ether oxygens (including phenoxy) is 1. The van der Waals surface area contributed by atoms with Gasteiger partial charge in [-0.1, -0.05) is 33.1 Å². The Hall–Kier alpha value is -2.13. The van der Waals surface area contributed by atoms with Gasteiger partial charge in [0.1, 0.15) is 11.3 Å². The number of sulfonamides is 1. The number of nitrogens with zero attached hydrogens (tertiary/aromatic N) is 1. The average Bonchev–Trinajstić information content (AvgIpc) is 2.72. The number of benzene rings is 1. The highest BCUT2D eigenvalue weighted by atomic mass is 32.2. The second-order valence-corrected chi connectivity index (χ2v) is 9.09. The SMILES string of the molecule is CCN(CC)S(=O)(=O)c1ccc(O)c(C(=O)OCC(=O)NCC2CCCCC2)c1. The van der Waals surface area contributed by atoms with E-state index in [0.717, 1.165) is 25.0 Å². The summed E-state index contributed by atoms with van der Waals surface area (Å²) in [5, 5.41) is 12.7. The molecule has 1 aromatic carbocycles. The van der Waals surface area contributed by atoms with E-state index < -0.39 is 34.3 Å². The van der Waals surface area contributed by atoms with Gasteiger partial charge in [-0.3, -0.25) is 4.79 Å². The smallest absolute Gasteiger partial charge is 0.342 e. The number of carbonyl (C=O) groups excluding carboxylic acids is 2. The van der Waals surface area contributed by atoms with Crippen molar-refractivity contribution >= 4 is 21.9 Å². The molecule has 162 valence electrons. The number of nitrogens with one attached hydrogen (secondary N) is 1. The van der Waals surface area contributed by atoms with Gasteiger partial charge >= 0.3 is 5.97 Å². The highest BCUT2D eigenvalue weighted by Crippen LogP contribution is 2.25.